The summed E-state index contributed by atoms with van der Waals surface area (Å²) in [5.41, 5.74) is 0.132. The van der Waals surface area contributed by atoms with E-state index in [4.69, 9.17) is 16.9 Å². The average molecular weight is 236 g/mol. The summed E-state index contributed by atoms with van der Waals surface area (Å²) in [6.45, 7) is -1.93. The number of hydrogen-bond donors (Lipinski definition) is 0. The van der Waals surface area contributed by atoms with Crippen LogP contribution in [0.25, 0.3) is 0 Å². The maximum Gasteiger partial charge on any atom is 0.427 e. The molecule has 0 spiro atoms. The van der Waals surface area contributed by atoms with Crippen LogP contribution in [0.1, 0.15) is 5.56 Å². The first-order valence-corrected chi connectivity index (χ1v) is 4.19. The van der Waals surface area contributed by atoms with Gasteiger partial charge in [-0.2, -0.15) is 14.0 Å². The van der Waals surface area contributed by atoms with Gasteiger partial charge in [-0.1, -0.05) is 11.6 Å². The minimum atomic E-state index is -3.88. The molecule has 1 aromatic carbocycles. The van der Waals surface area contributed by atoms with Crippen LogP contribution in [-0.2, 0) is 0 Å². The van der Waals surface area contributed by atoms with Crippen molar-refractivity contribution in [3.8, 4) is 11.8 Å². The van der Waals surface area contributed by atoms with Crippen LogP contribution in [0.4, 0.5) is 13.2 Å². The number of hydrogen-bond acceptors (Lipinski definition) is 2. The summed E-state index contributed by atoms with van der Waals surface area (Å²) < 4.78 is 40.7. The molecule has 1 rings (SSSR count). The molecule has 0 atom stereocenters. The molecule has 0 fully saturated rings. The molecule has 0 amide bonds. The second-order valence-electron chi connectivity index (χ2n) is 2.63. The standard InChI is InChI=1S/C9H5ClF3NO/c10-8-3-7(2-1-6(8)4-14)15-9(12,13)5-11/h1-3H,5H2. The molecule has 0 aliphatic heterocycles. The summed E-state index contributed by atoms with van der Waals surface area (Å²) in [5, 5.41) is 8.48. The minimum Gasteiger partial charge on any atom is -0.431 e. The third kappa shape index (κ3) is 3.03. The largest absolute Gasteiger partial charge is 0.431 e. The predicted molar refractivity (Wildman–Crippen MR) is 47.7 cm³/mol. The molecule has 0 saturated heterocycles. The molecule has 0 bridgehead atoms. The van der Waals surface area contributed by atoms with Crippen molar-refractivity contribution in [3.63, 3.8) is 0 Å². The van der Waals surface area contributed by atoms with Crippen molar-refractivity contribution >= 4 is 11.6 Å². The molecule has 0 saturated carbocycles. The van der Waals surface area contributed by atoms with Gasteiger partial charge >= 0.3 is 6.11 Å². The Morgan fingerprint density at radius 1 is 1.47 bits per heavy atom. The van der Waals surface area contributed by atoms with Crippen molar-refractivity contribution < 1.29 is 17.9 Å². The quantitative estimate of drug-likeness (QED) is 0.806. The Kier molecular flexibility index (Phi) is 3.43. The molecular formula is C9H5ClF3NO. The summed E-state index contributed by atoms with van der Waals surface area (Å²) in [4.78, 5) is 0. The van der Waals surface area contributed by atoms with Crippen molar-refractivity contribution in [1.29, 1.82) is 5.26 Å². The molecule has 80 valence electrons. The summed E-state index contributed by atoms with van der Waals surface area (Å²) >= 11 is 5.56. The minimum absolute atomic E-state index is 0.0235. The molecule has 0 heterocycles. The first kappa shape index (κ1) is 11.7. The Morgan fingerprint density at radius 2 is 2.13 bits per heavy atom. The van der Waals surface area contributed by atoms with E-state index in [1.165, 1.54) is 6.07 Å². The normalized spacial score (nSPS) is 10.9. The van der Waals surface area contributed by atoms with Gasteiger partial charge in [0, 0.05) is 6.07 Å². The fourth-order valence-corrected chi connectivity index (χ4v) is 1.06. The van der Waals surface area contributed by atoms with Crippen LogP contribution >= 0.6 is 11.6 Å². The van der Waals surface area contributed by atoms with Gasteiger partial charge in [-0.25, -0.2) is 4.39 Å². The molecule has 6 heteroatoms. The van der Waals surface area contributed by atoms with Crippen molar-refractivity contribution in [2.75, 3.05) is 6.67 Å². The van der Waals surface area contributed by atoms with E-state index in [0.29, 0.717) is 0 Å². The first-order chi connectivity index (χ1) is 6.98. The fourth-order valence-electron chi connectivity index (χ4n) is 0.850. The lowest BCUT2D eigenvalue weighted by Gasteiger charge is -2.14. The van der Waals surface area contributed by atoms with Crippen LogP contribution in [0.15, 0.2) is 18.2 Å². The van der Waals surface area contributed by atoms with Crippen molar-refractivity contribution in [3.05, 3.63) is 28.8 Å². The molecule has 1 aromatic rings. The van der Waals surface area contributed by atoms with Crippen molar-refractivity contribution in [2.45, 2.75) is 6.11 Å². The van der Waals surface area contributed by atoms with Gasteiger partial charge in [0.15, 0.2) is 6.67 Å². The fraction of sp³-hybridized carbons (Fsp3) is 0.222. The summed E-state index contributed by atoms with van der Waals surface area (Å²) in [5.74, 6) is -0.290. The number of benzene rings is 1. The maximum atomic E-state index is 12.4. The number of ether oxygens (including phenoxy) is 1. The molecular weight excluding hydrogens is 231 g/mol. The molecule has 0 radical (unpaired) electrons. The lowest BCUT2D eigenvalue weighted by molar-refractivity contribution is -0.186. The van der Waals surface area contributed by atoms with Crippen molar-refractivity contribution in [1.82, 2.24) is 0 Å². The van der Waals surface area contributed by atoms with E-state index in [0.717, 1.165) is 12.1 Å². The first-order valence-electron chi connectivity index (χ1n) is 3.81. The number of halogens is 4. The highest BCUT2D eigenvalue weighted by Gasteiger charge is 2.31. The second-order valence-corrected chi connectivity index (χ2v) is 3.03. The predicted octanol–water partition coefficient (Wildman–Crippen LogP) is 3.15. The molecule has 0 unspecified atom stereocenters. The highest BCUT2D eigenvalue weighted by molar-refractivity contribution is 6.31. The SMILES string of the molecule is N#Cc1ccc(OC(F)(F)CF)cc1Cl. The number of alkyl halides is 3. The Labute approximate surface area is 88.8 Å². The van der Waals surface area contributed by atoms with Crippen LogP contribution in [-0.4, -0.2) is 12.8 Å². The second kappa shape index (κ2) is 4.41. The van der Waals surface area contributed by atoms with Gasteiger partial charge in [-0.15, -0.1) is 0 Å². The summed E-state index contributed by atoms with van der Waals surface area (Å²) in [6, 6.07) is 5.11. The third-order valence-electron chi connectivity index (χ3n) is 1.48. The Morgan fingerprint density at radius 3 is 2.60 bits per heavy atom. The molecule has 0 aliphatic carbocycles. The van der Waals surface area contributed by atoms with E-state index >= 15 is 0 Å². The molecule has 0 aromatic heterocycles. The topological polar surface area (TPSA) is 33.0 Å². The zero-order chi connectivity index (χ0) is 11.5. The van der Waals surface area contributed by atoms with Crippen LogP contribution in [0.5, 0.6) is 5.75 Å². The maximum absolute atomic E-state index is 12.4. The van der Waals surface area contributed by atoms with Gasteiger partial charge < -0.3 is 4.74 Å². The Bertz CT molecular complexity index is 403. The van der Waals surface area contributed by atoms with Gasteiger partial charge in [0.05, 0.1) is 10.6 Å². The average Bonchev–Trinajstić information content (AvgIpc) is 2.17. The van der Waals surface area contributed by atoms with E-state index in [-0.39, 0.29) is 16.3 Å². The monoisotopic (exact) mass is 235 g/mol. The van der Waals surface area contributed by atoms with Gasteiger partial charge in [0.1, 0.15) is 11.8 Å². The highest BCUT2D eigenvalue weighted by Crippen LogP contribution is 2.26. The Balaban J connectivity index is 2.90. The van der Waals surface area contributed by atoms with Crippen LogP contribution in [0.3, 0.4) is 0 Å². The van der Waals surface area contributed by atoms with Gasteiger partial charge in [-0.05, 0) is 12.1 Å². The van der Waals surface area contributed by atoms with Gasteiger partial charge in [-0.3, -0.25) is 0 Å². The van der Waals surface area contributed by atoms with E-state index in [1.807, 2.05) is 0 Å². The zero-order valence-electron chi connectivity index (χ0n) is 7.31. The molecule has 2 nitrogen and oxygen atoms in total. The molecule has 15 heavy (non-hydrogen) atoms. The third-order valence-corrected chi connectivity index (χ3v) is 1.80. The van der Waals surface area contributed by atoms with Crippen molar-refractivity contribution in [2.24, 2.45) is 0 Å². The summed E-state index contributed by atoms with van der Waals surface area (Å²) in [6.07, 6.45) is -3.88. The number of rotatable bonds is 3. The molecule has 0 aliphatic rings. The van der Waals surface area contributed by atoms with Gasteiger partial charge in [0.2, 0.25) is 0 Å². The van der Waals surface area contributed by atoms with Crippen LogP contribution in [0, 0.1) is 11.3 Å². The number of nitrogens with zero attached hydrogens (tertiary/aromatic N) is 1. The highest BCUT2D eigenvalue weighted by atomic mass is 35.5. The van der Waals surface area contributed by atoms with Gasteiger partial charge in [0.25, 0.3) is 0 Å². The van der Waals surface area contributed by atoms with Crippen LogP contribution < -0.4 is 4.74 Å². The van der Waals surface area contributed by atoms with E-state index in [1.54, 1.807) is 6.07 Å². The smallest absolute Gasteiger partial charge is 0.427 e. The summed E-state index contributed by atoms with van der Waals surface area (Å²) in [7, 11) is 0. The zero-order valence-corrected chi connectivity index (χ0v) is 8.06. The number of nitriles is 1. The van der Waals surface area contributed by atoms with Crippen LogP contribution in [0.2, 0.25) is 5.02 Å². The van der Waals surface area contributed by atoms with E-state index in [9.17, 15) is 13.2 Å². The lowest BCUT2D eigenvalue weighted by Crippen LogP contribution is -2.26. The lowest BCUT2D eigenvalue weighted by atomic mass is 10.2. The molecule has 0 N–H and O–H groups in total. The van der Waals surface area contributed by atoms with E-state index < -0.39 is 12.8 Å². The van der Waals surface area contributed by atoms with E-state index in [2.05, 4.69) is 4.74 Å². The Hall–Kier alpha value is -1.41.